The second-order valence-electron chi connectivity index (χ2n) is 5.87. The van der Waals surface area contributed by atoms with Gasteiger partial charge in [0.2, 0.25) is 0 Å². The van der Waals surface area contributed by atoms with Crippen molar-refractivity contribution in [3.05, 3.63) is 34.6 Å². The lowest BCUT2D eigenvalue weighted by Gasteiger charge is -2.21. The van der Waals surface area contributed by atoms with E-state index in [9.17, 15) is 18.8 Å². The number of urea groups is 1. The number of esters is 1. The summed E-state index contributed by atoms with van der Waals surface area (Å²) >= 11 is 5.59. The second kappa shape index (κ2) is 7.41. The smallest absolute Gasteiger partial charge is 0.341 e. The summed E-state index contributed by atoms with van der Waals surface area (Å²) < 4.78 is 18.4. The molecule has 0 radical (unpaired) electrons. The molecule has 1 rings (SSSR count). The van der Waals surface area contributed by atoms with Crippen LogP contribution in [0, 0.1) is 5.82 Å². The van der Waals surface area contributed by atoms with Crippen LogP contribution in [-0.2, 0) is 9.53 Å². The van der Waals surface area contributed by atoms with Crippen LogP contribution in [0.5, 0.6) is 0 Å². The molecule has 0 aromatic heterocycles. The van der Waals surface area contributed by atoms with Crippen LogP contribution in [0.4, 0.5) is 9.18 Å². The number of carbonyl (C=O) groups is 3. The molecule has 3 amide bonds. The van der Waals surface area contributed by atoms with Crippen molar-refractivity contribution in [2.75, 3.05) is 0 Å². The number of halogens is 2. The van der Waals surface area contributed by atoms with Gasteiger partial charge in [0.25, 0.3) is 5.91 Å². The monoisotopic (exact) mass is 344 g/mol. The van der Waals surface area contributed by atoms with Gasteiger partial charge in [-0.05, 0) is 45.9 Å². The van der Waals surface area contributed by atoms with Crippen molar-refractivity contribution in [3.8, 4) is 0 Å². The van der Waals surface area contributed by atoms with Crippen LogP contribution in [0.25, 0.3) is 0 Å². The first-order valence-corrected chi connectivity index (χ1v) is 7.16. The molecule has 23 heavy (non-hydrogen) atoms. The van der Waals surface area contributed by atoms with Gasteiger partial charge in [-0.25, -0.2) is 14.0 Å². The summed E-state index contributed by atoms with van der Waals surface area (Å²) in [7, 11) is 0. The van der Waals surface area contributed by atoms with Crippen molar-refractivity contribution in [3.63, 3.8) is 0 Å². The molecule has 0 heterocycles. The molecule has 0 fully saturated rings. The van der Waals surface area contributed by atoms with Crippen molar-refractivity contribution in [1.82, 2.24) is 10.6 Å². The highest BCUT2D eigenvalue weighted by atomic mass is 35.5. The lowest BCUT2D eigenvalue weighted by atomic mass is 10.1. The molecule has 2 N–H and O–H groups in total. The van der Waals surface area contributed by atoms with Gasteiger partial charge < -0.3 is 10.1 Å². The SMILES string of the molecule is C[C@H](OC(=O)c1ccc(Cl)cc1F)C(=O)NC(=O)NC(C)(C)C. The zero-order valence-corrected chi connectivity index (χ0v) is 14.0. The summed E-state index contributed by atoms with van der Waals surface area (Å²) in [4.78, 5) is 35.2. The number of rotatable bonds is 3. The summed E-state index contributed by atoms with van der Waals surface area (Å²) in [6.07, 6.45) is -1.27. The third-order valence-corrected chi connectivity index (χ3v) is 2.76. The first-order chi connectivity index (χ1) is 10.5. The number of nitrogens with one attached hydrogen (secondary N) is 2. The van der Waals surface area contributed by atoms with Gasteiger partial charge in [0.15, 0.2) is 6.10 Å². The zero-order chi connectivity index (χ0) is 17.8. The van der Waals surface area contributed by atoms with E-state index in [1.807, 2.05) is 5.32 Å². The Morgan fingerprint density at radius 1 is 1.26 bits per heavy atom. The first kappa shape index (κ1) is 18.9. The fourth-order valence-corrected chi connectivity index (χ4v) is 1.68. The fourth-order valence-electron chi connectivity index (χ4n) is 1.52. The minimum Gasteiger partial charge on any atom is -0.449 e. The van der Waals surface area contributed by atoms with Crippen LogP contribution in [0.15, 0.2) is 18.2 Å². The number of amides is 3. The van der Waals surface area contributed by atoms with E-state index in [0.717, 1.165) is 12.1 Å². The molecular formula is C15H18ClFN2O4. The molecule has 0 bridgehead atoms. The molecule has 0 aliphatic rings. The number of hydrogen-bond donors (Lipinski definition) is 2. The fraction of sp³-hybridized carbons (Fsp3) is 0.400. The molecule has 1 atom stereocenters. The normalized spacial score (nSPS) is 12.3. The van der Waals surface area contributed by atoms with Crippen LogP contribution in [0.1, 0.15) is 38.1 Å². The average Bonchev–Trinajstić information content (AvgIpc) is 2.35. The van der Waals surface area contributed by atoms with E-state index in [4.69, 9.17) is 16.3 Å². The number of imide groups is 1. The maximum absolute atomic E-state index is 13.6. The van der Waals surface area contributed by atoms with E-state index in [1.54, 1.807) is 20.8 Å². The number of ether oxygens (including phenoxy) is 1. The van der Waals surface area contributed by atoms with Gasteiger partial charge in [0.1, 0.15) is 5.82 Å². The van der Waals surface area contributed by atoms with Gasteiger partial charge >= 0.3 is 12.0 Å². The van der Waals surface area contributed by atoms with Crippen LogP contribution in [-0.4, -0.2) is 29.6 Å². The van der Waals surface area contributed by atoms with Gasteiger partial charge in [-0.3, -0.25) is 10.1 Å². The Kier molecular flexibility index (Phi) is 6.09. The maximum Gasteiger partial charge on any atom is 0.341 e. The molecule has 0 aliphatic heterocycles. The highest BCUT2D eigenvalue weighted by Crippen LogP contribution is 2.16. The molecule has 0 unspecified atom stereocenters. The van der Waals surface area contributed by atoms with Gasteiger partial charge in [-0.1, -0.05) is 11.6 Å². The van der Waals surface area contributed by atoms with Gasteiger partial charge in [-0.15, -0.1) is 0 Å². The largest absolute Gasteiger partial charge is 0.449 e. The standard InChI is InChI=1S/C15H18ClFN2O4/c1-8(12(20)18-14(22)19-15(2,3)4)23-13(21)10-6-5-9(16)7-11(10)17/h5-8H,1-4H3,(H2,18,19,20,22)/t8-/m0/s1. The van der Waals surface area contributed by atoms with Crippen LogP contribution in [0.2, 0.25) is 5.02 Å². The van der Waals surface area contributed by atoms with Gasteiger partial charge in [0.05, 0.1) is 5.56 Å². The van der Waals surface area contributed by atoms with E-state index in [0.29, 0.717) is 0 Å². The van der Waals surface area contributed by atoms with Crippen molar-refractivity contribution >= 4 is 29.5 Å². The second-order valence-corrected chi connectivity index (χ2v) is 6.30. The van der Waals surface area contributed by atoms with Crippen molar-refractivity contribution < 1.29 is 23.5 Å². The summed E-state index contributed by atoms with van der Waals surface area (Å²) in [5.41, 5.74) is -0.885. The molecular weight excluding hydrogens is 327 g/mol. The summed E-state index contributed by atoms with van der Waals surface area (Å²) in [6.45, 7) is 6.49. The Balaban J connectivity index is 2.64. The molecule has 0 saturated carbocycles. The first-order valence-electron chi connectivity index (χ1n) is 6.78. The molecule has 0 saturated heterocycles. The maximum atomic E-state index is 13.6. The van der Waals surface area contributed by atoms with E-state index in [-0.39, 0.29) is 10.6 Å². The van der Waals surface area contributed by atoms with Crippen LogP contribution >= 0.6 is 11.6 Å². The summed E-state index contributed by atoms with van der Waals surface area (Å²) in [5, 5.41) is 4.68. The van der Waals surface area contributed by atoms with E-state index < -0.39 is 35.4 Å². The third kappa shape index (κ3) is 6.23. The minimum absolute atomic E-state index is 0.128. The Morgan fingerprint density at radius 2 is 1.87 bits per heavy atom. The van der Waals surface area contributed by atoms with Crippen LogP contribution in [0.3, 0.4) is 0 Å². The minimum atomic E-state index is -1.27. The Hall–Kier alpha value is -2.15. The predicted octanol–water partition coefficient (Wildman–Crippen LogP) is 2.65. The molecule has 6 nitrogen and oxygen atoms in total. The van der Waals surface area contributed by atoms with Crippen molar-refractivity contribution in [2.24, 2.45) is 0 Å². The molecule has 0 spiro atoms. The quantitative estimate of drug-likeness (QED) is 0.825. The lowest BCUT2D eigenvalue weighted by Crippen LogP contribution is -2.50. The highest BCUT2D eigenvalue weighted by molar-refractivity contribution is 6.30. The zero-order valence-electron chi connectivity index (χ0n) is 13.2. The highest BCUT2D eigenvalue weighted by Gasteiger charge is 2.24. The summed E-state index contributed by atoms with van der Waals surface area (Å²) in [5.74, 6) is -2.71. The number of benzene rings is 1. The van der Waals surface area contributed by atoms with E-state index in [2.05, 4.69) is 5.32 Å². The topological polar surface area (TPSA) is 84.5 Å². The molecule has 1 aromatic carbocycles. The van der Waals surface area contributed by atoms with Crippen molar-refractivity contribution in [1.29, 1.82) is 0 Å². The molecule has 1 aromatic rings. The van der Waals surface area contributed by atoms with Gasteiger partial charge in [-0.2, -0.15) is 0 Å². The Labute approximate surface area is 138 Å². The van der Waals surface area contributed by atoms with E-state index in [1.165, 1.54) is 13.0 Å². The van der Waals surface area contributed by atoms with E-state index >= 15 is 0 Å². The number of hydrogen-bond acceptors (Lipinski definition) is 4. The Bertz CT molecular complexity index is 628. The molecule has 8 heteroatoms. The number of carbonyl (C=O) groups excluding carboxylic acids is 3. The molecule has 126 valence electrons. The van der Waals surface area contributed by atoms with Gasteiger partial charge in [0, 0.05) is 10.6 Å². The van der Waals surface area contributed by atoms with Crippen molar-refractivity contribution in [2.45, 2.75) is 39.3 Å². The summed E-state index contributed by atoms with van der Waals surface area (Å²) in [6, 6.07) is 2.71. The lowest BCUT2D eigenvalue weighted by molar-refractivity contribution is -0.127. The predicted molar refractivity (Wildman–Crippen MR) is 82.7 cm³/mol. The third-order valence-electron chi connectivity index (χ3n) is 2.53. The average molecular weight is 345 g/mol. The Morgan fingerprint density at radius 3 is 2.39 bits per heavy atom. The molecule has 0 aliphatic carbocycles. The van der Waals surface area contributed by atoms with Crippen LogP contribution < -0.4 is 10.6 Å².